The molecular formula is C13H26N2O2. The normalized spacial score (nSPS) is 12.9. The first-order valence-electron chi connectivity index (χ1n) is 6.38. The first kappa shape index (κ1) is 15.9. The van der Waals surface area contributed by atoms with Crippen LogP contribution >= 0.6 is 0 Å². The second-order valence-corrected chi connectivity index (χ2v) is 5.40. The average Bonchev–Trinajstić information content (AvgIpc) is 2.25. The maximum absolute atomic E-state index is 11.0. The topological polar surface area (TPSA) is 58.2 Å². The molecule has 4 nitrogen and oxygen atoms in total. The zero-order valence-corrected chi connectivity index (χ0v) is 11.5. The minimum atomic E-state index is 0.0770. The molecule has 0 aliphatic carbocycles. The van der Waals surface area contributed by atoms with Crippen molar-refractivity contribution in [3.8, 4) is 0 Å². The van der Waals surface area contributed by atoms with Gasteiger partial charge in [-0.15, -0.1) is 0 Å². The van der Waals surface area contributed by atoms with Gasteiger partial charge in [-0.2, -0.15) is 0 Å². The van der Waals surface area contributed by atoms with Crippen LogP contribution in [-0.2, 0) is 9.59 Å². The maximum Gasteiger partial charge on any atom is 0.219 e. The first-order chi connectivity index (χ1) is 7.91. The Labute approximate surface area is 105 Å². The number of carbonyl (C=O) groups is 2. The Morgan fingerprint density at radius 3 is 2.41 bits per heavy atom. The molecule has 0 saturated heterocycles. The third-order valence-corrected chi connectivity index (χ3v) is 2.88. The van der Waals surface area contributed by atoms with E-state index in [9.17, 15) is 9.59 Å². The van der Waals surface area contributed by atoms with Crippen molar-refractivity contribution < 1.29 is 9.59 Å². The quantitative estimate of drug-likeness (QED) is 0.504. The SMILES string of the molecule is CCC(=O)NCCCCC(NC=O)C(C)(C)C. The average molecular weight is 242 g/mol. The van der Waals surface area contributed by atoms with Crippen LogP contribution in [0.4, 0.5) is 0 Å². The van der Waals surface area contributed by atoms with Crippen LogP contribution < -0.4 is 10.6 Å². The van der Waals surface area contributed by atoms with Gasteiger partial charge in [-0.05, 0) is 24.7 Å². The number of unbranched alkanes of at least 4 members (excludes halogenated alkanes) is 1. The molecule has 0 aliphatic rings. The molecular weight excluding hydrogens is 216 g/mol. The lowest BCUT2D eigenvalue weighted by Crippen LogP contribution is -2.39. The van der Waals surface area contributed by atoms with Crippen LogP contribution in [0.1, 0.15) is 53.4 Å². The van der Waals surface area contributed by atoms with Gasteiger partial charge in [-0.25, -0.2) is 0 Å². The fourth-order valence-corrected chi connectivity index (χ4v) is 1.67. The second kappa shape index (κ2) is 8.09. The molecule has 2 N–H and O–H groups in total. The van der Waals surface area contributed by atoms with E-state index in [0.29, 0.717) is 6.42 Å². The third-order valence-electron chi connectivity index (χ3n) is 2.88. The Morgan fingerprint density at radius 2 is 1.94 bits per heavy atom. The molecule has 0 aromatic rings. The standard InChI is InChI=1S/C13H26N2O2/c1-5-12(17)14-9-7-6-8-11(15-10-16)13(2,3)4/h10-11H,5-9H2,1-4H3,(H,14,17)(H,15,16). The van der Waals surface area contributed by atoms with Crippen molar-refractivity contribution in [2.75, 3.05) is 6.54 Å². The van der Waals surface area contributed by atoms with Gasteiger partial charge in [0, 0.05) is 19.0 Å². The number of amides is 2. The monoisotopic (exact) mass is 242 g/mol. The third kappa shape index (κ3) is 7.77. The van der Waals surface area contributed by atoms with Crippen LogP contribution in [0.25, 0.3) is 0 Å². The van der Waals surface area contributed by atoms with E-state index in [1.165, 1.54) is 0 Å². The predicted octanol–water partition coefficient (Wildman–Crippen LogP) is 1.84. The molecule has 0 bridgehead atoms. The van der Waals surface area contributed by atoms with Crippen LogP contribution in [0.2, 0.25) is 0 Å². The molecule has 0 spiro atoms. The van der Waals surface area contributed by atoms with Crippen molar-refractivity contribution >= 4 is 12.3 Å². The second-order valence-electron chi connectivity index (χ2n) is 5.40. The molecule has 100 valence electrons. The van der Waals surface area contributed by atoms with E-state index in [1.807, 2.05) is 6.92 Å². The fourth-order valence-electron chi connectivity index (χ4n) is 1.67. The van der Waals surface area contributed by atoms with E-state index < -0.39 is 0 Å². The Balaban J connectivity index is 3.76. The summed E-state index contributed by atoms with van der Waals surface area (Å²) in [5.41, 5.74) is 0.0770. The van der Waals surface area contributed by atoms with Gasteiger partial charge in [0.25, 0.3) is 0 Å². The summed E-state index contributed by atoms with van der Waals surface area (Å²) < 4.78 is 0. The first-order valence-corrected chi connectivity index (χ1v) is 6.38. The van der Waals surface area contributed by atoms with E-state index in [-0.39, 0.29) is 17.4 Å². The van der Waals surface area contributed by atoms with Crippen LogP contribution in [0.5, 0.6) is 0 Å². The van der Waals surface area contributed by atoms with E-state index in [0.717, 1.165) is 32.2 Å². The molecule has 17 heavy (non-hydrogen) atoms. The largest absolute Gasteiger partial charge is 0.356 e. The van der Waals surface area contributed by atoms with Gasteiger partial charge in [-0.1, -0.05) is 27.7 Å². The van der Waals surface area contributed by atoms with Gasteiger partial charge in [0.05, 0.1) is 0 Å². The Hall–Kier alpha value is -1.06. The van der Waals surface area contributed by atoms with Gasteiger partial charge in [-0.3, -0.25) is 9.59 Å². The highest BCUT2D eigenvalue weighted by Gasteiger charge is 2.23. The molecule has 1 atom stereocenters. The molecule has 2 amide bonds. The summed E-state index contributed by atoms with van der Waals surface area (Å²) in [6, 6.07) is 0.196. The predicted molar refractivity (Wildman–Crippen MR) is 69.6 cm³/mol. The van der Waals surface area contributed by atoms with Crippen LogP contribution in [0, 0.1) is 5.41 Å². The van der Waals surface area contributed by atoms with Crippen LogP contribution in [0.15, 0.2) is 0 Å². The fraction of sp³-hybridized carbons (Fsp3) is 0.846. The molecule has 0 saturated carbocycles. The summed E-state index contributed by atoms with van der Waals surface area (Å²) in [7, 11) is 0. The Bertz CT molecular complexity index is 234. The number of hydrogen-bond acceptors (Lipinski definition) is 2. The van der Waals surface area contributed by atoms with Gasteiger partial charge < -0.3 is 10.6 Å². The highest BCUT2D eigenvalue weighted by molar-refractivity contribution is 5.75. The molecule has 0 aromatic carbocycles. The lowest BCUT2D eigenvalue weighted by Gasteiger charge is -2.30. The van der Waals surface area contributed by atoms with Crippen molar-refractivity contribution in [1.29, 1.82) is 0 Å². The summed E-state index contributed by atoms with van der Waals surface area (Å²) in [6.45, 7) is 8.93. The molecule has 4 heteroatoms. The van der Waals surface area contributed by atoms with Crippen molar-refractivity contribution in [3.05, 3.63) is 0 Å². The molecule has 0 fully saturated rings. The summed E-state index contributed by atoms with van der Waals surface area (Å²) in [5, 5.41) is 5.71. The highest BCUT2D eigenvalue weighted by Crippen LogP contribution is 2.22. The summed E-state index contributed by atoms with van der Waals surface area (Å²) in [4.78, 5) is 21.5. The zero-order valence-electron chi connectivity index (χ0n) is 11.5. The molecule has 0 rings (SSSR count). The molecule has 0 radical (unpaired) electrons. The van der Waals surface area contributed by atoms with Crippen molar-refractivity contribution in [3.63, 3.8) is 0 Å². The zero-order chi connectivity index (χ0) is 13.3. The highest BCUT2D eigenvalue weighted by atomic mass is 16.1. The lowest BCUT2D eigenvalue weighted by atomic mass is 9.84. The van der Waals surface area contributed by atoms with Gasteiger partial charge in [0.15, 0.2) is 0 Å². The molecule has 1 unspecified atom stereocenters. The number of hydrogen-bond donors (Lipinski definition) is 2. The van der Waals surface area contributed by atoms with Crippen molar-refractivity contribution in [2.45, 2.75) is 59.4 Å². The van der Waals surface area contributed by atoms with Gasteiger partial charge >= 0.3 is 0 Å². The summed E-state index contributed by atoms with van der Waals surface area (Å²) in [6.07, 6.45) is 4.22. The minimum Gasteiger partial charge on any atom is -0.356 e. The van der Waals surface area contributed by atoms with Crippen LogP contribution in [-0.4, -0.2) is 24.9 Å². The molecule has 0 aliphatic heterocycles. The van der Waals surface area contributed by atoms with Crippen molar-refractivity contribution in [2.24, 2.45) is 5.41 Å². The van der Waals surface area contributed by atoms with Gasteiger partial charge in [0.2, 0.25) is 12.3 Å². The smallest absolute Gasteiger partial charge is 0.219 e. The number of carbonyl (C=O) groups excluding carboxylic acids is 2. The molecule has 0 aromatic heterocycles. The Kier molecular flexibility index (Phi) is 7.59. The summed E-state index contributed by atoms with van der Waals surface area (Å²) in [5.74, 6) is 0.100. The van der Waals surface area contributed by atoms with Crippen LogP contribution in [0.3, 0.4) is 0 Å². The number of nitrogens with one attached hydrogen (secondary N) is 2. The van der Waals surface area contributed by atoms with Gasteiger partial charge in [0.1, 0.15) is 0 Å². The van der Waals surface area contributed by atoms with E-state index in [1.54, 1.807) is 0 Å². The van der Waals surface area contributed by atoms with E-state index in [4.69, 9.17) is 0 Å². The minimum absolute atomic E-state index is 0.0770. The maximum atomic E-state index is 11.0. The summed E-state index contributed by atoms with van der Waals surface area (Å²) >= 11 is 0. The lowest BCUT2D eigenvalue weighted by molar-refractivity contribution is -0.120. The molecule has 0 heterocycles. The Morgan fingerprint density at radius 1 is 1.29 bits per heavy atom. The van der Waals surface area contributed by atoms with E-state index >= 15 is 0 Å². The van der Waals surface area contributed by atoms with Crippen molar-refractivity contribution in [1.82, 2.24) is 10.6 Å². The van der Waals surface area contributed by atoms with E-state index in [2.05, 4.69) is 31.4 Å². The number of rotatable bonds is 8.